The van der Waals surface area contributed by atoms with E-state index < -0.39 is 17.5 Å². The van der Waals surface area contributed by atoms with Crippen molar-refractivity contribution in [2.75, 3.05) is 13.1 Å². The molecule has 2 aromatic heterocycles. The molecule has 4 rings (SSSR count). The highest BCUT2D eigenvalue weighted by molar-refractivity contribution is 5.94. The Kier molecular flexibility index (Phi) is 4.62. The maximum Gasteiger partial charge on any atom is 0.276 e. The Morgan fingerprint density at radius 2 is 2.00 bits per heavy atom. The molecule has 8 heteroatoms. The molecule has 0 spiro atoms. The van der Waals surface area contributed by atoms with Crippen molar-refractivity contribution in [1.29, 1.82) is 0 Å². The van der Waals surface area contributed by atoms with E-state index in [4.69, 9.17) is 4.52 Å². The van der Waals surface area contributed by atoms with Gasteiger partial charge in [-0.2, -0.15) is 4.98 Å². The first-order valence-electron chi connectivity index (χ1n) is 8.60. The zero-order valence-corrected chi connectivity index (χ0v) is 14.3. The van der Waals surface area contributed by atoms with Gasteiger partial charge in [0.15, 0.2) is 5.82 Å². The van der Waals surface area contributed by atoms with Crippen LogP contribution in [0.2, 0.25) is 0 Å². The van der Waals surface area contributed by atoms with E-state index in [1.54, 1.807) is 23.2 Å². The molecule has 0 bridgehead atoms. The third-order valence-electron chi connectivity index (χ3n) is 4.51. The predicted octanol–water partition coefficient (Wildman–Crippen LogP) is 3.43. The highest BCUT2D eigenvalue weighted by atomic mass is 19.1. The summed E-state index contributed by atoms with van der Waals surface area (Å²) in [6.07, 6.45) is 3.17. The van der Waals surface area contributed by atoms with E-state index in [1.165, 1.54) is 0 Å². The molecule has 1 saturated heterocycles. The van der Waals surface area contributed by atoms with E-state index >= 15 is 0 Å². The number of benzene rings is 1. The lowest BCUT2D eigenvalue weighted by molar-refractivity contribution is 0.0702. The van der Waals surface area contributed by atoms with Crippen LogP contribution in [0.15, 0.2) is 47.1 Å². The number of piperidine rings is 1. The molecule has 27 heavy (non-hydrogen) atoms. The summed E-state index contributed by atoms with van der Waals surface area (Å²) in [5, 5.41) is 4.03. The van der Waals surface area contributed by atoms with Gasteiger partial charge in [0.2, 0.25) is 0 Å². The van der Waals surface area contributed by atoms with Crippen LogP contribution in [-0.2, 0) is 0 Å². The Morgan fingerprint density at radius 3 is 2.74 bits per heavy atom. The highest BCUT2D eigenvalue weighted by Gasteiger charge is 2.29. The van der Waals surface area contributed by atoms with Crippen molar-refractivity contribution in [2.45, 2.75) is 18.8 Å². The van der Waals surface area contributed by atoms with Gasteiger partial charge in [0.25, 0.3) is 11.8 Å². The fourth-order valence-electron chi connectivity index (χ4n) is 3.23. The second-order valence-corrected chi connectivity index (χ2v) is 6.42. The maximum atomic E-state index is 13.4. The van der Waals surface area contributed by atoms with Gasteiger partial charge >= 0.3 is 0 Å². The van der Waals surface area contributed by atoms with Gasteiger partial charge in [-0.15, -0.1) is 0 Å². The van der Waals surface area contributed by atoms with E-state index in [-0.39, 0.29) is 11.5 Å². The Bertz CT molecular complexity index is 941. The molecule has 6 nitrogen and oxygen atoms in total. The van der Waals surface area contributed by atoms with Crippen LogP contribution in [-0.4, -0.2) is 39.0 Å². The number of hydrogen-bond acceptors (Lipinski definition) is 5. The fraction of sp³-hybridized carbons (Fsp3) is 0.263. The molecule has 0 radical (unpaired) electrons. The molecule has 1 amide bonds. The van der Waals surface area contributed by atoms with Gasteiger partial charge < -0.3 is 9.42 Å². The van der Waals surface area contributed by atoms with Crippen LogP contribution >= 0.6 is 0 Å². The number of carbonyl (C=O) groups excluding carboxylic acids is 1. The minimum absolute atomic E-state index is 0.00423. The van der Waals surface area contributed by atoms with Crippen LogP contribution in [0.1, 0.15) is 34.9 Å². The summed E-state index contributed by atoms with van der Waals surface area (Å²) in [7, 11) is 0. The third-order valence-corrected chi connectivity index (χ3v) is 4.51. The van der Waals surface area contributed by atoms with Crippen molar-refractivity contribution in [2.24, 2.45) is 0 Å². The summed E-state index contributed by atoms with van der Waals surface area (Å²) in [6, 6.07) is 8.22. The number of rotatable bonds is 3. The zero-order valence-electron chi connectivity index (χ0n) is 14.3. The summed E-state index contributed by atoms with van der Waals surface area (Å²) in [5.41, 5.74) is 0.575. The number of hydrogen-bond donors (Lipinski definition) is 0. The molecule has 0 saturated carbocycles. The summed E-state index contributed by atoms with van der Waals surface area (Å²) in [6.45, 7) is 0.872. The lowest BCUT2D eigenvalue weighted by Gasteiger charge is -2.31. The molecule has 1 aliphatic rings. The van der Waals surface area contributed by atoms with E-state index in [0.29, 0.717) is 30.5 Å². The van der Waals surface area contributed by atoms with Gasteiger partial charge in [0.1, 0.15) is 17.3 Å². The number of carbonyl (C=O) groups is 1. The fourth-order valence-corrected chi connectivity index (χ4v) is 3.23. The first-order chi connectivity index (χ1) is 13.1. The van der Waals surface area contributed by atoms with Crippen LogP contribution in [0.4, 0.5) is 8.78 Å². The first-order valence-corrected chi connectivity index (χ1v) is 8.60. The van der Waals surface area contributed by atoms with Gasteiger partial charge in [-0.05, 0) is 37.1 Å². The van der Waals surface area contributed by atoms with Gasteiger partial charge in [0, 0.05) is 36.8 Å². The van der Waals surface area contributed by atoms with Gasteiger partial charge in [-0.3, -0.25) is 9.78 Å². The number of pyridine rings is 1. The highest BCUT2D eigenvalue weighted by Crippen LogP contribution is 2.27. The number of halogens is 2. The van der Waals surface area contributed by atoms with Gasteiger partial charge in [-0.25, -0.2) is 8.78 Å². The minimum Gasteiger partial charge on any atom is -0.338 e. The number of nitrogens with zero attached hydrogens (tertiary/aromatic N) is 4. The average molecular weight is 370 g/mol. The standard InChI is InChI=1S/C19H16F2N4O2/c20-14-8-13(9-15(21)10-14)19(26)25-7-3-4-12(11-25)17-23-18(27-24-17)16-5-1-2-6-22-16/h1-2,5-6,8-10,12H,3-4,7,11H2/t12-/m1/s1. The molecule has 3 heterocycles. The molecule has 0 unspecified atom stereocenters. The van der Waals surface area contributed by atoms with E-state index in [0.717, 1.165) is 31.0 Å². The van der Waals surface area contributed by atoms with Crippen molar-refractivity contribution >= 4 is 5.91 Å². The van der Waals surface area contributed by atoms with Crippen LogP contribution in [0.25, 0.3) is 11.6 Å². The molecule has 1 aromatic carbocycles. The summed E-state index contributed by atoms with van der Waals surface area (Å²) < 4.78 is 32.1. The first kappa shape index (κ1) is 17.3. The number of aromatic nitrogens is 3. The second kappa shape index (κ2) is 7.22. The number of likely N-dealkylation sites (tertiary alicyclic amines) is 1. The molecule has 138 valence electrons. The molecular formula is C19H16F2N4O2. The van der Waals surface area contributed by atoms with Crippen molar-refractivity contribution < 1.29 is 18.1 Å². The van der Waals surface area contributed by atoms with Crippen molar-refractivity contribution in [3.8, 4) is 11.6 Å². The van der Waals surface area contributed by atoms with E-state index in [2.05, 4.69) is 15.1 Å². The van der Waals surface area contributed by atoms with Crippen molar-refractivity contribution in [3.63, 3.8) is 0 Å². The lowest BCUT2D eigenvalue weighted by Crippen LogP contribution is -2.39. The van der Waals surface area contributed by atoms with Gasteiger partial charge in [-0.1, -0.05) is 11.2 Å². The predicted molar refractivity (Wildman–Crippen MR) is 91.8 cm³/mol. The topological polar surface area (TPSA) is 72.1 Å². The number of amides is 1. The SMILES string of the molecule is O=C(c1cc(F)cc(F)c1)N1CCC[C@@H](c2noc(-c3ccccn3)n2)C1. The Labute approximate surface area is 153 Å². The quantitative estimate of drug-likeness (QED) is 0.706. The van der Waals surface area contributed by atoms with Crippen LogP contribution in [0.3, 0.4) is 0 Å². The smallest absolute Gasteiger partial charge is 0.276 e. The molecule has 0 aliphatic carbocycles. The zero-order chi connectivity index (χ0) is 18.8. The van der Waals surface area contributed by atoms with E-state index in [9.17, 15) is 13.6 Å². The monoisotopic (exact) mass is 370 g/mol. The average Bonchev–Trinajstić information content (AvgIpc) is 3.18. The molecule has 1 aliphatic heterocycles. The molecule has 1 fully saturated rings. The van der Waals surface area contributed by atoms with Crippen LogP contribution < -0.4 is 0 Å². The molecule has 1 atom stereocenters. The summed E-state index contributed by atoms with van der Waals surface area (Å²) in [4.78, 5) is 22.8. The van der Waals surface area contributed by atoms with Crippen LogP contribution in [0.5, 0.6) is 0 Å². The normalized spacial score (nSPS) is 17.1. The largest absolute Gasteiger partial charge is 0.338 e. The minimum atomic E-state index is -0.773. The van der Waals surface area contributed by atoms with Crippen LogP contribution in [0, 0.1) is 11.6 Å². The van der Waals surface area contributed by atoms with E-state index in [1.807, 2.05) is 6.07 Å². The maximum absolute atomic E-state index is 13.4. The second-order valence-electron chi connectivity index (χ2n) is 6.42. The van der Waals surface area contributed by atoms with Crippen molar-refractivity contribution in [1.82, 2.24) is 20.0 Å². The molecule has 3 aromatic rings. The Hall–Kier alpha value is -3.16. The lowest BCUT2D eigenvalue weighted by atomic mass is 9.96. The van der Waals surface area contributed by atoms with Gasteiger partial charge in [0.05, 0.1) is 0 Å². The Balaban J connectivity index is 1.51. The molecular weight excluding hydrogens is 354 g/mol. The Morgan fingerprint density at radius 1 is 1.19 bits per heavy atom. The third kappa shape index (κ3) is 3.69. The summed E-state index contributed by atoms with van der Waals surface area (Å²) in [5.74, 6) is -1.25. The molecule has 0 N–H and O–H groups in total. The summed E-state index contributed by atoms with van der Waals surface area (Å²) >= 11 is 0. The van der Waals surface area contributed by atoms with Crippen molar-refractivity contribution in [3.05, 3.63) is 65.6 Å².